The van der Waals surface area contributed by atoms with Gasteiger partial charge in [0.15, 0.2) is 0 Å². The van der Waals surface area contributed by atoms with E-state index in [0.717, 1.165) is 22.3 Å². The number of sulfonamides is 1. The molecule has 170 valence electrons. The molecule has 0 radical (unpaired) electrons. The van der Waals surface area contributed by atoms with Crippen LogP contribution in [0.1, 0.15) is 43.5 Å². The van der Waals surface area contributed by atoms with Gasteiger partial charge in [0, 0.05) is 12.3 Å². The van der Waals surface area contributed by atoms with Crippen LogP contribution in [0.25, 0.3) is 0 Å². The number of nitrogens with zero attached hydrogens (tertiary/aromatic N) is 1. The number of carbonyl (C=O) groups excluding carboxylic acids is 1. The van der Waals surface area contributed by atoms with Gasteiger partial charge in [-0.1, -0.05) is 42.0 Å². The topological polar surface area (TPSA) is 63.7 Å². The Morgan fingerprint density at radius 1 is 1.09 bits per heavy atom. The van der Waals surface area contributed by atoms with Gasteiger partial charge >= 0.3 is 5.97 Å². The summed E-state index contributed by atoms with van der Waals surface area (Å²) < 4.78 is 35.1. The monoisotopic (exact) mass is 471 g/mol. The second-order valence-corrected chi connectivity index (χ2v) is 12.3. The van der Waals surface area contributed by atoms with E-state index < -0.39 is 27.1 Å². The lowest BCUT2D eigenvalue weighted by Crippen LogP contribution is -2.45. The van der Waals surface area contributed by atoms with Crippen LogP contribution in [0, 0.1) is 19.3 Å². The van der Waals surface area contributed by atoms with Crippen LogP contribution in [-0.4, -0.2) is 36.6 Å². The molecule has 0 amide bonds. The largest absolute Gasteiger partial charge is 0.459 e. The number of hydrogen-bond acceptors (Lipinski definition) is 5. The van der Waals surface area contributed by atoms with Crippen molar-refractivity contribution in [2.24, 2.45) is 5.41 Å². The Balaban J connectivity index is 1.91. The van der Waals surface area contributed by atoms with E-state index in [4.69, 9.17) is 4.74 Å². The van der Waals surface area contributed by atoms with E-state index in [2.05, 4.69) is 0 Å². The number of fused-ring (bicyclic) bond motifs is 1. The lowest BCUT2D eigenvalue weighted by molar-refractivity contribution is -0.165. The molecule has 0 bridgehead atoms. The Morgan fingerprint density at radius 3 is 2.38 bits per heavy atom. The van der Waals surface area contributed by atoms with Crippen molar-refractivity contribution in [1.29, 1.82) is 0 Å². The van der Waals surface area contributed by atoms with Crippen molar-refractivity contribution in [3.63, 3.8) is 0 Å². The first kappa shape index (κ1) is 23.1. The zero-order chi connectivity index (χ0) is 23.3. The molecule has 0 unspecified atom stereocenters. The summed E-state index contributed by atoms with van der Waals surface area (Å²) in [5.41, 5.74) is 1.84. The SMILES string of the molecule is Cc1ccc(S(=O)(=O)N2CC3=CSC[C@@]3(C(=O)OC(C)(C)C)[C@@H]2c2ccccc2C)cc1. The molecule has 0 N–H and O–H groups in total. The number of rotatable bonds is 4. The van der Waals surface area contributed by atoms with E-state index in [9.17, 15) is 13.2 Å². The van der Waals surface area contributed by atoms with Crippen LogP contribution in [0.2, 0.25) is 0 Å². The fourth-order valence-corrected chi connectivity index (χ4v) is 7.39. The predicted molar refractivity (Wildman–Crippen MR) is 128 cm³/mol. The quantitative estimate of drug-likeness (QED) is 0.587. The molecule has 2 aliphatic heterocycles. The van der Waals surface area contributed by atoms with Gasteiger partial charge in [0.1, 0.15) is 11.0 Å². The average Bonchev–Trinajstić information content (AvgIpc) is 3.25. The molecule has 0 spiro atoms. The molecule has 0 saturated carbocycles. The molecule has 2 aromatic rings. The number of esters is 1. The number of ether oxygens (including phenoxy) is 1. The molecule has 32 heavy (non-hydrogen) atoms. The molecule has 1 fully saturated rings. The third-order valence-corrected chi connectivity index (χ3v) is 8.96. The third kappa shape index (κ3) is 3.80. The molecule has 2 aromatic carbocycles. The second-order valence-electron chi connectivity index (χ2n) is 9.55. The Bertz CT molecular complexity index is 1180. The number of benzene rings is 2. The van der Waals surface area contributed by atoms with E-state index in [1.54, 1.807) is 36.0 Å². The summed E-state index contributed by atoms with van der Waals surface area (Å²) in [6.07, 6.45) is 0. The number of thioether (sulfide) groups is 1. The Morgan fingerprint density at radius 2 is 1.75 bits per heavy atom. The van der Waals surface area contributed by atoms with Gasteiger partial charge in [-0.05, 0) is 68.9 Å². The molecular weight excluding hydrogens is 442 g/mol. The van der Waals surface area contributed by atoms with E-state index in [1.807, 2.05) is 64.3 Å². The minimum absolute atomic E-state index is 0.168. The summed E-state index contributed by atoms with van der Waals surface area (Å²) in [7, 11) is -3.85. The number of aryl methyl sites for hydroxylation is 2. The molecule has 2 heterocycles. The van der Waals surface area contributed by atoms with Crippen LogP contribution in [0.3, 0.4) is 0 Å². The fourth-order valence-electron chi connectivity index (χ4n) is 4.46. The van der Waals surface area contributed by atoms with Crippen molar-refractivity contribution < 1.29 is 17.9 Å². The molecule has 2 aliphatic rings. The molecule has 4 rings (SSSR count). The zero-order valence-corrected chi connectivity index (χ0v) is 20.7. The second kappa shape index (κ2) is 8.04. The maximum absolute atomic E-state index is 13.9. The first-order chi connectivity index (χ1) is 15.0. The van der Waals surface area contributed by atoms with Crippen LogP contribution in [0.5, 0.6) is 0 Å². The van der Waals surface area contributed by atoms with Gasteiger partial charge in [-0.25, -0.2) is 8.42 Å². The lowest BCUT2D eigenvalue weighted by Gasteiger charge is -2.37. The summed E-state index contributed by atoms with van der Waals surface area (Å²) >= 11 is 1.55. The van der Waals surface area contributed by atoms with Gasteiger partial charge in [0.05, 0.1) is 10.9 Å². The summed E-state index contributed by atoms with van der Waals surface area (Å²) in [6.45, 7) is 9.56. The lowest BCUT2D eigenvalue weighted by atomic mass is 9.75. The van der Waals surface area contributed by atoms with Gasteiger partial charge in [-0.3, -0.25) is 4.79 Å². The van der Waals surface area contributed by atoms with Crippen molar-refractivity contribution in [1.82, 2.24) is 4.31 Å². The van der Waals surface area contributed by atoms with Gasteiger partial charge in [-0.2, -0.15) is 4.31 Å². The summed E-state index contributed by atoms with van der Waals surface area (Å²) in [5.74, 6) is 0.0898. The summed E-state index contributed by atoms with van der Waals surface area (Å²) in [6, 6.07) is 13.9. The number of carbonyl (C=O) groups is 1. The van der Waals surface area contributed by atoms with Crippen molar-refractivity contribution >= 4 is 27.8 Å². The average molecular weight is 472 g/mol. The van der Waals surface area contributed by atoms with Crippen molar-refractivity contribution in [3.8, 4) is 0 Å². The van der Waals surface area contributed by atoms with E-state index in [0.29, 0.717) is 5.75 Å². The maximum Gasteiger partial charge on any atom is 0.319 e. The molecule has 7 heteroatoms. The minimum atomic E-state index is -3.85. The fraction of sp³-hybridized carbons (Fsp3) is 0.400. The molecule has 5 nitrogen and oxygen atoms in total. The molecule has 1 saturated heterocycles. The van der Waals surface area contributed by atoms with Crippen LogP contribution in [0.4, 0.5) is 0 Å². The molecule has 0 aliphatic carbocycles. The normalized spacial score (nSPS) is 23.7. The summed E-state index contributed by atoms with van der Waals surface area (Å²) in [5, 5.41) is 1.94. The van der Waals surface area contributed by atoms with Gasteiger partial charge in [0.2, 0.25) is 10.0 Å². The molecular formula is C25H29NO4S2. The van der Waals surface area contributed by atoms with Crippen LogP contribution in [0.15, 0.2) is 64.4 Å². The minimum Gasteiger partial charge on any atom is -0.459 e. The summed E-state index contributed by atoms with van der Waals surface area (Å²) in [4.78, 5) is 13.9. The van der Waals surface area contributed by atoms with E-state index in [-0.39, 0.29) is 17.4 Å². The number of hydrogen-bond donors (Lipinski definition) is 0. The Kier molecular flexibility index (Phi) is 5.80. The Hall–Kier alpha value is -2.09. The van der Waals surface area contributed by atoms with Crippen LogP contribution in [-0.2, 0) is 19.6 Å². The van der Waals surface area contributed by atoms with Gasteiger partial charge < -0.3 is 4.74 Å². The van der Waals surface area contributed by atoms with Gasteiger partial charge in [-0.15, -0.1) is 11.8 Å². The molecule has 0 aromatic heterocycles. The first-order valence-corrected chi connectivity index (χ1v) is 13.1. The molecule has 2 atom stereocenters. The van der Waals surface area contributed by atoms with Crippen LogP contribution >= 0.6 is 11.8 Å². The third-order valence-electron chi connectivity index (χ3n) is 6.06. The smallest absolute Gasteiger partial charge is 0.319 e. The highest BCUT2D eigenvalue weighted by atomic mass is 32.2. The van der Waals surface area contributed by atoms with Crippen molar-refractivity contribution in [2.45, 2.75) is 51.2 Å². The first-order valence-electron chi connectivity index (χ1n) is 10.7. The standard InChI is InChI=1S/C25H29NO4S2/c1-17-10-12-20(13-11-17)32(28,29)26-14-19-15-31-16-25(19,23(27)30-24(3,4)5)22(26)21-9-7-6-8-18(21)2/h6-13,15,22H,14,16H2,1-5H3/t22-,25-/m0/s1. The van der Waals surface area contributed by atoms with E-state index >= 15 is 0 Å². The highest BCUT2D eigenvalue weighted by molar-refractivity contribution is 8.02. The van der Waals surface area contributed by atoms with Gasteiger partial charge in [0.25, 0.3) is 0 Å². The predicted octanol–water partition coefficient (Wildman–Crippen LogP) is 5.01. The van der Waals surface area contributed by atoms with Crippen LogP contribution < -0.4 is 0 Å². The van der Waals surface area contributed by atoms with Crippen molar-refractivity contribution in [3.05, 3.63) is 76.2 Å². The Labute approximate surface area is 194 Å². The highest BCUT2D eigenvalue weighted by Crippen LogP contribution is 2.59. The maximum atomic E-state index is 13.9. The highest BCUT2D eigenvalue weighted by Gasteiger charge is 2.62. The zero-order valence-electron chi connectivity index (χ0n) is 19.1. The van der Waals surface area contributed by atoms with E-state index in [1.165, 1.54) is 4.31 Å². The van der Waals surface area contributed by atoms with Crippen molar-refractivity contribution in [2.75, 3.05) is 12.3 Å².